The summed E-state index contributed by atoms with van der Waals surface area (Å²) in [5.41, 5.74) is 2.89. The summed E-state index contributed by atoms with van der Waals surface area (Å²) in [7, 11) is 0. The molecule has 1 aromatic heterocycles. The van der Waals surface area contributed by atoms with Gasteiger partial charge in [-0.15, -0.1) is 16.9 Å². The van der Waals surface area contributed by atoms with Gasteiger partial charge in [0.2, 0.25) is 11.8 Å². The Morgan fingerprint density at radius 2 is 1.71 bits per heavy atom. The van der Waals surface area contributed by atoms with E-state index in [1.165, 1.54) is 47.6 Å². The lowest BCUT2D eigenvalue weighted by atomic mass is 10.1. The van der Waals surface area contributed by atoms with E-state index in [-0.39, 0.29) is 23.4 Å². The van der Waals surface area contributed by atoms with Crippen molar-refractivity contribution in [3.8, 4) is 11.3 Å². The Kier molecular flexibility index (Phi) is 6.72. The van der Waals surface area contributed by atoms with E-state index in [1.807, 2.05) is 17.5 Å². The van der Waals surface area contributed by atoms with E-state index < -0.39 is 5.25 Å². The molecule has 0 aliphatic heterocycles. The van der Waals surface area contributed by atoms with E-state index in [2.05, 4.69) is 20.2 Å². The fourth-order valence-corrected chi connectivity index (χ4v) is 3.41. The molecule has 0 bridgehead atoms. The summed E-state index contributed by atoms with van der Waals surface area (Å²) < 4.78 is 16.7. The monoisotopic (exact) mass is 416 g/mol. The predicted molar refractivity (Wildman–Crippen MR) is 111 cm³/mol. The Bertz CT molecular complexity index is 932. The van der Waals surface area contributed by atoms with Gasteiger partial charge in [-0.05, 0) is 54.9 Å². The average Bonchev–Trinajstić information content (AvgIpc) is 3.23. The average molecular weight is 417 g/mol. The zero-order chi connectivity index (χ0) is 19.9. The molecule has 1 heterocycles. The number of rotatable bonds is 7. The molecule has 1 atom stereocenters. The fraction of sp³-hybridized carbons (Fsp3) is 0.158. The van der Waals surface area contributed by atoms with Gasteiger partial charge in [-0.1, -0.05) is 16.6 Å². The van der Waals surface area contributed by atoms with Crippen LogP contribution in [0.4, 0.5) is 15.8 Å². The van der Waals surface area contributed by atoms with Crippen LogP contribution in [-0.4, -0.2) is 32.4 Å². The molecule has 6 nitrogen and oxygen atoms in total. The summed E-state index contributed by atoms with van der Waals surface area (Å²) in [5, 5.41) is 10.9. The third-order valence-corrected chi connectivity index (χ3v) is 5.42. The molecule has 0 spiro atoms. The number of carbonyl (C=O) groups excluding carboxylic acids is 2. The summed E-state index contributed by atoms with van der Waals surface area (Å²) in [6, 6.07) is 12.8. The molecule has 0 aliphatic carbocycles. The van der Waals surface area contributed by atoms with Gasteiger partial charge in [0.05, 0.1) is 11.0 Å². The predicted octanol–water partition coefficient (Wildman–Crippen LogP) is 4.04. The van der Waals surface area contributed by atoms with Crippen LogP contribution in [0.1, 0.15) is 6.92 Å². The van der Waals surface area contributed by atoms with Gasteiger partial charge in [0.15, 0.2) is 0 Å². The van der Waals surface area contributed by atoms with Crippen LogP contribution in [0.3, 0.4) is 0 Å². The van der Waals surface area contributed by atoms with Crippen molar-refractivity contribution < 1.29 is 14.0 Å². The Labute approximate surface area is 169 Å². The zero-order valence-corrected chi connectivity index (χ0v) is 16.5. The molecule has 0 fully saturated rings. The summed E-state index contributed by atoms with van der Waals surface area (Å²) in [6.45, 7) is 1.74. The normalized spacial score (nSPS) is 11.6. The molecular formula is C19H17FN4O2S2. The van der Waals surface area contributed by atoms with E-state index in [0.717, 1.165) is 11.3 Å². The Balaban J connectivity index is 1.46. The van der Waals surface area contributed by atoms with Crippen LogP contribution in [0.15, 0.2) is 53.9 Å². The van der Waals surface area contributed by atoms with E-state index >= 15 is 0 Å². The topological polar surface area (TPSA) is 84.0 Å². The van der Waals surface area contributed by atoms with Gasteiger partial charge in [0, 0.05) is 22.3 Å². The number of aromatic nitrogens is 2. The number of thioether (sulfide) groups is 1. The Morgan fingerprint density at radius 1 is 1.07 bits per heavy atom. The minimum Gasteiger partial charge on any atom is -0.325 e. The highest BCUT2D eigenvalue weighted by Gasteiger charge is 2.16. The molecule has 0 radical (unpaired) electrons. The van der Waals surface area contributed by atoms with Crippen molar-refractivity contribution in [3.05, 3.63) is 59.7 Å². The van der Waals surface area contributed by atoms with Crippen molar-refractivity contribution in [2.75, 3.05) is 16.4 Å². The summed E-state index contributed by atoms with van der Waals surface area (Å²) in [4.78, 5) is 24.3. The molecule has 2 N–H and O–H groups in total. The van der Waals surface area contributed by atoms with Crippen molar-refractivity contribution in [1.29, 1.82) is 0 Å². The van der Waals surface area contributed by atoms with E-state index in [4.69, 9.17) is 0 Å². The number of hydrogen-bond donors (Lipinski definition) is 2. The SMILES string of the molecule is CC(SCC(=O)Nc1ccc(F)cc1)C(=O)Nc1ccc(-c2csnn2)cc1. The van der Waals surface area contributed by atoms with Gasteiger partial charge in [-0.2, -0.15) is 0 Å². The van der Waals surface area contributed by atoms with Gasteiger partial charge in [0.1, 0.15) is 11.5 Å². The summed E-state index contributed by atoms with van der Waals surface area (Å²) >= 11 is 2.50. The van der Waals surface area contributed by atoms with Crippen molar-refractivity contribution in [1.82, 2.24) is 9.59 Å². The second-order valence-corrected chi connectivity index (χ2v) is 7.80. The van der Waals surface area contributed by atoms with Gasteiger partial charge in [-0.25, -0.2) is 4.39 Å². The number of amides is 2. The molecule has 9 heteroatoms. The van der Waals surface area contributed by atoms with Gasteiger partial charge < -0.3 is 10.6 Å². The van der Waals surface area contributed by atoms with Crippen molar-refractivity contribution in [3.63, 3.8) is 0 Å². The third-order valence-electron chi connectivity index (χ3n) is 3.77. The number of halogens is 1. The second-order valence-electron chi connectivity index (χ2n) is 5.87. The third kappa shape index (κ3) is 5.61. The number of nitrogens with one attached hydrogen (secondary N) is 2. The zero-order valence-electron chi connectivity index (χ0n) is 14.9. The first kappa shape index (κ1) is 20.0. The molecule has 28 heavy (non-hydrogen) atoms. The fourth-order valence-electron chi connectivity index (χ4n) is 2.27. The van der Waals surface area contributed by atoms with Crippen LogP contribution in [-0.2, 0) is 9.59 Å². The molecule has 0 saturated carbocycles. The number of hydrogen-bond acceptors (Lipinski definition) is 6. The Hall–Kier alpha value is -2.78. The molecule has 2 aromatic carbocycles. The summed E-state index contributed by atoms with van der Waals surface area (Å²) in [6.07, 6.45) is 0. The van der Waals surface area contributed by atoms with Crippen LogP contribution in [0.5, 0.6) is 0 Å². The number of anilines is 2. The summed E-state index contributed by atoms with van der Waals surface area (Å²) in [5.74, 6) is -0.698. The highest BCUT2D eigenvalue weighted by molar-refractivity contribution is 8.01. The second kappa shape index (κ2) is 9.43. The lowest BCUT2D eigenvalue weighted by molar-refractivity contribution is -0.115. The first-order chi connectivity index (χ1) is 13.5. The number of nitrogens with zero attached hydrogens (tertiary/aromatic N) is 2. The molecule has 0 saturated heterocycles. The van der Waals surface area contributed by atoms with Gasteiger partial charge in [0.25, 0.3) is 0 Å². The molecule has 2 amide bonds. The Morgan fingerprint density at radius 3 is 2.36 bits per heavy atom. The van der Waals surface area contributed by atoms with Crippen LogP contribution in [0, 0.1) is 5.82 Å². The molecule has 3 rings (SSSR count). The number of benzene rings is 2. The van der Waals surface area contributed by atoms with Crippen LogP contribution < -0.4 is 10.6 Å². The standard InChI is InChI=1S/C19H17FN4O2S2/c1-12(27-11-18(25)21-15-8-4-14(20)5-9-15)19(26)22-16-6-2-13(3-7-16)17-10-28-24-23-17/h2-10,12H,11H2,1H3,(H,21,25)(H,22,26). The maximum absolute atomic E-state index is 12.9. The maximum atomic E-state index is 12.9. The largest absolute Gasteiger partial charge is 0.325 e. The van der Waals surface area contributed by atoms with Crippen molar-refractivity contribution in [2.45, 2.75) is 12.2 Å². The highest BCUT2D eigenvalue weighted by Crippen LogP contribution is 2.21. The molecular weight excluding hydrogens is 399 g/mol. The minimum atomic E-state index is -0.415. The van der Waals surface area contributed by atoms with Crippen LogP contribution in [0.25, 0.3) is 11.3 Å². The lowest BCUT2D eigenvalue weighted by Crippen LogP contribution is -2.25. The maximum Gasteiger partial charge on any atom is 0.237 e. The molecule has 3 aromatic rings. The van der Waals surface area contributed by atoms with Gasteiger partial charge >= 0.3 is 0 Å². The van der Waals surface area contributed by atoms with Crippen LogP contribution in [0.2, 0.25) is 0 Å². The molecule has 1 unspecified atom stereocenters. The van der Waals surface area contributed by atoms with Gasteiger partial charge in [-0.3, -0.25) is 9.59 Å². The highest BCUT2D eigenvalue weighted by atomic mass is 32.2. The smallest absolute Gasteiger partial charge is 0.237 e. The lowest BCUT2D eigenvalue weighted by Gasteiger charge is -2.12. The van der Waals surface area contributed by atoms with E-state index in [1.54, 1.807) is 19.1 Å². The van der Waals surface area contributed by atoms with Crippen molar-refractivity contribution in [2.24, 2.45) is 0 Å². The molecule has 144 valence electrons. The quantitative estimate of drug-likeness (QED) is 0.607. The first-order valence-corrected chi connectivity index (χ1v) is 10.2. The number of carbonyl (C=O) groups is 2. The van der Waals surface area contributed by atoms with E-state index in [9.17, 15) is 14.0 Å². The van der Waals surface area contributed by atoms with E-state index in [0.29, 0.717) is 11.4 Å². The van der Waals surface area contributed by atoms with Crippen molar-refractivity contribution >= 4 is 46.5 Å². The van der Waals surface area contributed by atoms with Crippen LogP contribution >= 0.6 is 23.3 Å². The first-order valence-electron chi connectivity index (χ1n) is 8.36. The molecule has 0 aliphatic rings. The minimum absolute atomic E-state index is 0.113.